The number of hydrogen-bond acceptors (Lipinski definition) is 0. The van der Waals surface area contributed by atoms with E-state index in [1.54, 1.807) is 6.07 Å². The summed E-state index contributed by atoms with van der Waals surface area (Å²) in [4.78, 5) is 0.0336. The third-order valence-corrected chi connectivity index (χ3v) is 4.45. The topological polar surface area (TPSA) is 0 Å². The number of rotatable bonds is 4. The molecule has 2 aromatic carbocycles. The number of benzene rings is 2. The van der Waals surface area contributed by atoms with Crippen LogP contribution in [0.2, 0.25) is 0 Å². The summed E-state index contributed by atoms with van der Waals surface area (Å²) in [6.45, 7) is 6.45. The summed E-state index contributed by atoms with van der Waals surface area (Å²) in [7, 11) is 0. The Hall–Kier alpha value is -1.15. The van der Waals surface area contributed by atoms with Gasteiger partial charge in [-0.1, -0.05) is 60.1 Å². The van der Waals surface area contributed by atoms with E-state index in [2.05, 4.69) is 54.0 Å². The van der Waals surface area contributed by atoms with Gasteiger partial charge in [-0.15, -0.1) is 0 Å². The molecule has 0 fully saturated rings. The maximum Gasteiger partial charge on any atom is 0.123 e. The Balaban J connectivity index is 2.24. The Kier molecular flexibility index (Phi) is 4.98. The lowest BCUT2D eigenvalue weighted by Gasteiger charge is -2.14. The Morgan fingerprint density at radius 2 is 1.70 bits per heavy atom. The highest BCUT2D eigenvalue weighted by Crippen LogP contribution is 2.33. The average Bonchev–Trinajstić information content (AvgIpc) is 2.41. The normalized spacial score (nSPS) is 12.7. The minimum Gasteiger partial charge on any atom is -0.207 e. The van der Waals surface area contributed by atoms with Gasteiger partial charge >= 0.3 is 0 Å². The van der Waals surface area contributed by atoms with Crippen molar-refractivity contribution in [3.8, 4) is 0 Å². The van der Waals surface area contributed by atoms with Gasteiger partial charge < -0.3 is 0 Å². The highest BCUT2D eigenvalue weighted by atomic mass is 79.9. The van der Waals surface area contributed by atoms with Crippen molar-refractivity contribution in [3.05, 3.63) is 70.5 Å². The Bertz CT molecular complexity index is 572. The molecule has 0 radical (unpaired) electrons. The first kappa shape index (κ1) is 15.2. The summed E-state index contributed by atoms with van der Waals surface area (Å²) in [6, 6.07) is 13.5. The Morgan fingerprint density at radius 1 is 1.05 bits per heavy atom. The largest absolute Gasteiger partial charge is 0.207 e. The zero-order chi connectivity index (χ0) is 14.7. The molecule has 2 heteroatoms. The quantitative estimate of drug-likeness (QED) is 0.618. The molecule has 0 N–H and O–H groups in total. The monoisotopic (exact) mass is 334 g/mol. The molecular formula is C18H20BrF. The second-order valence-electron chi connectivity index (χ2n) is 5.70. The first-order chi connectivity index (χ1) is 9.47. The van der Waals surface area contributed by atoms with Gasteiger partial charge in [0.25, 0.3) is 0 Å². The average molecular weight is 335 g/mol. The fourth-order valence-electron chi connectivity index (χ4n) is 2.36. The third kappa shape index (κ3) is 3.69. The molecular weight excluding hydrogens is 315 g/mol. The molecule has 0 spiro atoms. The predicted octanol–water partition coefficient (Wildman–Crippen LogP) is 5.82. The van der Waals surface area contributed by atoms with Crippen LogP contribution in [-0.2, 0) is 6.42 Å². The zero-order valence-corrected chi connectivity index (χ0v) is 13.7. The van der Waals surface area contributed by atoms with Crippen LogP contribution in [-0.4, -0.2) is 0 Å². The van der Waals surface area contributed by atoms with Crippen molar-refractivity contribution in [1.29, 1.82) is 0 Å². The van der Waals surface area contributed by atoms with Gasteiger partial charge in [-0.3, -0.25) is 0 Å². The number of aryl methyl sites for hydroxylation is 1. The SMILES string of the molecule is Cc1ccc(F)cc1C(Br)c1ccc(CC(C)C)cc1. The van der Waals surface area contributed by atoms with E-state index in [0.29, 0.717) is 5.92 Å². The molecule has 0 amide bonds. The van der Waals surface area contributed by atoms with Crippen LogP contribution < -0.4 is 0 Å². The van der Waals surface area contributed by atoms with Crippen LogP contribution in [0.15, 0.2) is 42.5 Å². The lowest BCUT2D eigenvalue weighted by molar-refractivity contribution is 0.625. The molecule has 106 valence electrons. The summed E-state index contributed by atoms with van der Waals surface area (Å²) in [5, 5.41) is 0. The summed E-state index contributed by atoms with van der Waals surface area (Å²) in [6.07, 6.45) is 1.09. The summed E-state index contributed by atoms with van der Waals surface area (Å²) >= 11 is 3.69. The second-order valence-corrected chi connectivity index (χ2v) is 6.62. The van der Waals surface area contributed by atoms with Crippen LogP contribution in [0.5, 0.6) is 0 Å². The van der Waals surface area contributed by atoms with Crippen LogP contribution in [0.25, 0.3) is 0 Å². The van der Waals surface area contributed by atoms with E-state index >= 15 is 0 Å². The minimum atomic E-state index is -0.188. The zero-order valence-electron chi connectivity index (χ0n) is 12.2. The van der Waals surface area contributed by atoms with E-state index < -0.39 is 0 Å². The van der Waals surface area contributed by atoms with Crippen LogP contribution in [0.1, 0.15) is 40.9 Å². The Labute approximate surface area is 129 Å². The van der Waals surface area contributed by atoms with E-state index in [1.165, 1.54) is 11.6 Å². The molecule has 0 nitrogen and oxygen atoms in total. The predicted molar refractivity (Wildman–Crippen MR) is 86.9 cm³/mol. The number of hydrogen-bond donors (Lipinski definition) is 0. The molecule has 2 rings (SSSR count). The number of alkyl halides is 1. The van der Waals surface area contributed by atoms with E-state index in [9.17, 15) is 4.39 Å². The van der Waals surface area contributed by atoms with Crippen LogP contribution in [0, 0.1) is 18.7 Å². The molecule has 0 bridgehead atoms. The van der Waals surface area contributed by atoms with Gasteiger partial charge in [-0.2, -0.15) is 0 Å². The van der Waals surface area contributed by atoms with Crippen molar-refractivity contribution in [2.24, 2.45) is 5.92 Å². The first-order valence-electron chi connectivity index (χ1n) is 6.96. The van der Waals surface area contributed by atoms with Crippen molar-refractivity contribution < 1.29 is 4.39 Å². The smallest absolute Gasteiger partial charge is 0.123 e. The van der Waals surface area contributed by atoms with Crippen molar-refractivity contribution >= 4 is 15.9 Å². The molecule has 0 saturated heterocycles. The van der Waals surface area contributed by atoms with E-state index in [-0.39, 0.29) is 10.6 Å². The van der Waals surface area contributed by atoms with Gasteiger partial charge in [0.2, 0.25) is 0 Å². The van der Waals surface area contributed by atoms with Gasteiger partial charge in [0.15, 0.2) is 0 Å². The van der Waals surface area contributed by atoms with E-state index in [1.807, 2.05) is 13.0 Å². The highest BCUT2D eigenvalue weighted by molar-refractivity contribution is 9.09. The maximum absolute atomic E-state index is 13.4. The Morgan fingerprint density at radius 3 is 2.30 bits per heavy atom. The molecule has 0 aliphatic carbocycles. The number of halogens is 2. The molecule has 0 heterocycles. The van der Waals surface area contributed by atoms with Gasteiger partial charge in [-0.25, -0.2) is 4.39 Å². The molecule has 0 aromatic heterocycles. The van der Waals surface area contributed by atoms with Gasteiger partial charge in [0.1, 0.15) is 5.82 Å². The van der Waals surface area contributed by atoms with Crippen LogP contribution >= 0.6 is 15.9 Å². The van der Waals surface area contributed by atoms with Crippen LogP contribution in [0.3, 0.4) is 0 Å². The molecule has 1 unspecified atom stereocenters. The molecule has 20 heavy (non-hydrogen) atoms. The van der Waals surface area contributed by atoms with Gasteiger partial charge in [-0.05, 0) is 53.6 Å². The van der Waals surface area contributed by atoms with Crippen molar-refractivity contribution in [2.75, 3.05) is 0 Å². The van der Waals surface area contributed by atoms with Crippen molar-refractivity contribution in [2.45, 2.75) is 32.0 Å². The minimum absolute atomic E-state index is 0.0336. The molecule has 0 aliphatic rings. The fourth-order valence-corrected chi connectivity index (χ4v) is 3.16. The second kappa shape index (κ2) is 6.53. The van der Waals surface area contributed by atoms with Gasteiger partial charge in [0.05, 0.1) is 4.83 Å². The molecule has 0 aliphatic heterocycles. The lowest BCUT2D eigenvalue weighted by Crippen LogP contribution is -1.98. The lowest BCUT2D eigenvalue weighted by atomic mass is 9.97. The standard InChI is InChI=1S/C18H20BrF/c1-12(2)10-14-5-7-15(8-6-14)18(19)17-11-16(20)9-4-13(17)3/h4-9,11-12,18H,10H2,1-3H3. The highest BCUT2D eigenvalue weighted by Gasteiger charge is 2.13. The molecule has 0 saturated carbocycles. The van der Waals surface area contributed by atoms with Gasteiger partial charge in [0, 0.05) is 0 Å². The van der Waals surface area contributed by atoms with Crippen molar-refractivity contribution in [1.82, 2.24) is 0 Å². The summed E-state index contributed by atoms with van der Waals surface area (Å²) in [5.74, 6) is 0.470. The summed E-state index contributed by atoms with van der Waals surface area (Å²) in [5.41, 5.74) is 4.59. The molecule has 2 aromatic rings. The third-order valence-electron chi connectivity index (χ3n) is 3.43. The fraction of sp³-hybridized carbons (Fsp3) is 0.333. The molecule has 1 atom stereocenters. The van der Waals surface area contributed by atoms with E-state index in [4.69, 9.17) is 0 Å². The maximum atomic E-state index is 13.4. The van der Waals surface area contributed by atoms with Crippen molar-refractivity contribution in [3.63, 3.8) is 0 Å². The van der Waals surface area contributed by atoms with E-state index in [0.717, 1.165) is 23.1 Å². The summed E-state index contributed by atoms with van der Waals surface area (Å²) < 4.78 is 13.4. The van der Waals surface area contributed by atoms with Crippen LogP contribution in [0.4, 0.5) is 4.39 Å². The first-order valence-corrected chi connectivity index (χ1v) is 7.88.